The first-order valence-electron chi connectivity index (χ1n) is 13.1. The van der Waals surface area contributed by atoms with Gasteiger partial charge in [-0.15, -0.1) is 0 Å². The first-order valence-corrected chi connectivity index (χ1v) is 13.1. The molecule has 0 fully saturated rings. The lowest BCUT2D eigenvalue weighted by molar-refractivity contribution is -0.108. The van der Waals surface area contributed by atoms with Crippen LogP contribution in [0.1, 0.15) is 119 Å². The zero-order valence-electron chi connectivity index (χ0n) is 24.3. The number of aliphatic hydroxyl groups is 3. The molecule has 0 aliphatic carbocycles. The van der Waals surface area contributed by atoms with Crippen molar-refractivity contribution in [1.82, 2.24) is 0 Å². The summed E-state index contributed by atoms with van der Waals surface area (Å²) in [5, 5.41) is 28.7. The maximum atomic E-state index is 9.75. The molecule has 8 nitrogen and oxygen atoms in total. The highest BCUT2D eigenvalue weighted by Gasteiger charge is 2.21. The summed E-state index contributed by atoms with van der Waals surface area (Å²) in [5.74, 6) is 2.51. The van der Waals surface area contributed by atoms with Crippen molar-refractivity contribution in [2.45, 2.75) is 106 Å². The Labute approximate surface area is 227 Å². The molecule has 3 unspecified atom stereocenters. The molecule has 3 aromatic heterocycles. The number of aryl methyl sites for hydroxylation is 3. The Balaban J connectivity index is 0. The maximum Gasteiger partial charge on any atom is 0.119 e. The van der Waals surface area contributed by atoms with Gasteiger partial charge >= 0.3 is 0 Å². The standard InChI is InChI=1S/C11H18O3.C8H12O2.C5H6O.2C3H6O/c1-4-9(12)8-6-14-7(3)11(8)10(13)5-2;1-3-8(9)7-4-6(2)10-5-7;1-5-3-2-4-6-5;2*1-2-3-4/h6,9-10,12-13H,4-5H2,1-3H3;4-5,8-9H,3H2,1-2H3;2-4H,1H3;2*3H,2H2,1H3. The SMILES string of the molecule is CCC(O)c1coc(C)c1.CCC(O)c1coc(C)c1C(O)CC.CCC=O.CCC=O.Cc1ccco1. The minimum Gasteiger partial charge on any atom is -0.470 e. The predicted molar refractivity (Wildman–Crippen MR) is 149 cm³/mol. The molecule has 38 heavy (non-hydrogen) atoms. The van der Waals surface area contributed by atoms with Crippen LogP contribution in [0.4, 0.5) is 0 Å². The van der Waals surface area contributed by atoms with Gasteiger partial charge in [-0.1, -0.05) is 34.6 Å². The summed E-state index contributed by atoms with van der Waals surface area (Å²) in [6, 6.07) is 5.64. The number of carbonyl (C=O) groups is 2. The first kappa shape index (κ1) is 37.2. The number of hydrogen-bond donors (Lipinski definition) is 3. The van der Waals surface area contributed by atoms with Gasteiger partial charge in [-0.2, -0.15) is 0 Å². The highest BCUT2D eigenvalue weighted by molar-refractivity contribution is 5.48. The summed E-state index contributed by atoms with van der Waals surface area (Å²) in [7, 11) is 0. The Morgan fingerprint density at radius 3 is 1.58 bits per heavy atom. The van der Waals surface area contributed by atoms with Crippen LogP contribution in [0.15, 0.2) is 50.2 Å². The van der Waals surface area contributed by atoms with Crippen molar-refractivity contribution in [3.05, 3.63) is 71.0 Å². The zero-order chi connectivity index (χ0) is 29.5. The van der Waals surface area contributed by atoms with E-state index in [0.717, 1.165) is 47.2 Å². The van der Waals surface area contributed by atoms with E-state index in [1.165, 1.54) is 6.26 Å². The average Bonchev–Trinajstić information content (AvgIpc) is 3.69. The van der Waals surface area contributed by atoms with E-state index < -0.39 is 12.2 Å². The van der Waals surface area contributed by atoms with E-state index in [1.807, 2.05) is 66.7 Å². The van der Waals surface area contributed by atoms with E-state index in [0.29, 0.717) is 31.4 Å². The van der Waals surface area contributed by atoms with E-state index in [-0.39, 0.29) is 6.10 Å². The molecular formula is C30H48O8. The molecule has 3 rings (SSSR count). The fourth-order valence-electron chi connectivity index (χ4n) is 2.83. The molecule has 0 aliphatic heterocycles. The Kier molecular flexibility index (Phi) is 22.7. The summed E-state index contributed by atoms with van der Waals surface area (Å²) in [6.07, 6.45) is 8.38. The summed E-state index contributed by atoms with van der Waals surface area (Å²) in [4.78, 5) is 18.3. The summed E-state index contributed by atoms with van der Waals surface area (Å²) in [5.41, 5.74) is 2.35. The third-order valence-electron chi connectivity index (χ3n) is 5.04. The molecule has 0 bridgehead atoms. The molecule has 0 saturated heterocycles. The van der Waals surface area contributed by atoms with Crippen molar-refractivity contribution >= 4 is 12.6 Å². The topological polar surface area (TPSA) is 134 Å². The van der Waals surface area contributed by atoms with Crippen LogP contribution in [0.25, 0.3) is 0 Å². The largest absolute Gasteiger partial charge is 0.470 e. The van der Waals surface area contributed by atoms with Crippen molar-refractivity contribution in [2.75, 3.05) is 0 Å². The number of rotatable bonds is 8. The molecule has 3 heterocycles. The van der Waals surface area contributed by atoms with Crippen LogP contribution < -0.4 is 0 Å². The number of hydrogen-bond acceptors (Lipinski definition) is 8. The van der Waals surface area contributed by atoms with E-state index in [1.54, 1.807) is 19.5 Å². The van der Waals surface area contributed by atoms with E-state index >= 15 is 0 Å². The lowest BCUT2D eigenvalue weighted by Crippen LogP contribution is -2.03. The number of furan rings is 3. The number of aldehydes is 2. The van der Waals surface area contributed by atoms with Crippen LogP contribution in [-0.2, 0) is 9.59 Å². The molecule has 0 saturated carbocycles. The molecule has 3 atom stereocenters. The van der Waals surface area contributed by atoms with Crippen LogP contribution in [0, 0.1) is 20.8 Å². The molecule has 0 amide bonds. The Morgan fingerprint density at radius 1 is 0.737 bits per heavy atom. The van der Waals surface area contributed by atoms with Crippen LogP contribution in [0.2, 0.25) is 0 Å². The molecule has 0 aliphatic rings. The molecule has 0 spiro atoms. The van der Waals surface area contributed by atoms with Gasteiger partial charge < -0.3 is 38.2 Å². The molecule has 216 valence electrons. The number of carbonyl (C=O) groups excluding carboxylic acids is 2. The third-order valence-corrected chi connectivity index (χ3v) is 5.04. The fraction of sp³-hybridized carbons (Fsp3) is 0.533. The van der Waals surface area contributed by atoms with Crippen LogP contribution >= 0.6 is 0 Å². The molecule has 8 heteroatoms. The molecular weight excluding hydrogens is 488 g/mol. The van der Waals surface area contributed by atoms with Crippen LogP contribution in [0.3, 0.4) is 0 Å². The van der Waals surface area contributed by atoms with Crippen LogP contribution in [-0.4, -0.2) is 27.9 Å². The minimum absolute atomic E-state index is 0.363. The molecule has 0 aromatic carbocycles. The van der Waals surface area contributed by atoms with Gasteiger partial charge in [-0.3, -0.25) is 0 Å². The van der Waals surface area contributed by atoms with Crippen molar-refractivity contribution in [3.8, 4) is 0 Å². The monoisotopic (exact) mass is 536 g/mol. The fourth-order valence-corrected chi connectivity index (χ4v) is 2.83. The second-order valence-corrected chi connectivity index (χ2v) is 8.30. The summed E-state index contributed by atoms with van der Waals surface area (Å²) >= 11 is 0. The van der Waals surface area contributed by atoms with E-state index in [2.05, 4.69) is 0 Å². The summed E-state index contributed by atoms with van der Waals surface area (Å²) < 4.78 is 15.1. The maximum absolute atomic E-state index is 9.75. The smallest absolute Gasteiger partial charge is 0.119 e. The Morgan fingerprint density at radius 2 is 1.26 bits per heavy atom. The van der Waals surface area contributed by atoms with Crippen molar-refractivity contribution < 1.29 is 38.2 Å². The van der Waals surface area contributed by atoms with Gasteiger partial charge in [0.2, 0.25) is 0 Å². The zero-order valence-corrected chi connectivity index (χ0v) is 24.3. The first-order chi connectivity index (χ1) is 18.1. The van der Waals surface area contributed by atoms with Gasteiger partial charge in [0.05, 0.1) is 37.1 Å². The molecule has 3 aromatic rings. The van der Waals surface area contributed by atoms with Gasteiger partial charge in [-0.05, 0) is 58.2 Å². The highest BCUT2D eigenvalue weighted by Crippen LogP contribution is 2.31. The van der Waals surface area contributed by atoms with Crippen molar-refractivity contribution in [1.29, 1.82) is 0 Å². The van der Waals surface area contributed by atoms with E-state index in [4.69, 9.17) is 13.3 Å². The quantitative estimate of drug-likeness (QED) is 0.256. The lowest BCUT2D eigenvalue weighted by Gasteiger charge is -2.12. The predicted octanol–water partition coefficient (Wildman–Crippen LogP) is 7.28. The van der Waals surface area contributed by atoms with Gasteiger partial charge in [0, 0.05) is 29.5 Å². The van der Waals surface area contributed by atoms with Gasteiger partial charge in [0.25, 0.3) is 0 Å². The molecule has 3 N–H and O–H groups in total. The van der Waals surface area contributed by atoms with Gasteiger partial charge in [-0.25, -0.2) is 0 Å². The Bertz CT molecular complexity index is 932. The average molecular weight is 537 g/mol. The van der Waals surface area contributed by atoms with Crippen molar-refractivity contribution in [3.63, 3.8) is 0 Å². The highest BCUT2D eigenvalue weighted by atomic mass is 16.3. The minimum atomic E-state index is -0.538. The Hall–Kier alpha value is -2.94. The lowest BCUT2D eigenvalue weighted by atomic mass is 9.98. The van der Waals surface area contributed by atoms with Gasteiger partial charge in [0.1, 0.15) is 29.9 Å². The van der Waals surface area contributed by atoms with E-state index in [9.17, 15) is 24.9 Å². The van der Waals surface area contributed by atoms with Crippen molar-refractivity contribution in [2.24, 2.45) is 0 Å². The van der Waals surface area contributed by atoms with Gasteiger partial charge in [0.15, 0.2) is 0 Å². The second-order valence-electron chi connectivity index (χ2n) is 8.30. The number of aliphatic hydroxyl groups excluding tert-OH is 3. The third kappa shape index (κ3) is 16.0. The summed E-state index contributed by atoms with van der Waals surface area (Å²) in [6.45, 7) is 15.0. The normalized spacial score (nSPS) is 12.0. The second kappa shape index (κ2) is 23.2. The molecule has 0 radical (unpaired) electrons. The van der Waals surface area contributed by atoms with Crippen LogP contribution in [0.5, 0.6) is 0 Å².